The summed E-state index contributed by atoms with van der Waals surface area (Å²) in [4.78, 5) is 20.1. The number of rotatable bonds is 4. The van der Waals surface area contributed by atoms with Gasteiger partial charge < -0.3 is 4.57 Å². The predicted molar refractivity (Wildman–Crippen MR) is 195 cm³/mol. The minimum atomic E-state index is 0.552. The van der Waals surface area contributed by atoms with Gasteiger partial charge in [0.1, 0.15) is 0 Å². The van der Waals surface area contributed by atoms with Crippen molar-refractivity contribution in [2.75, 3.05) is 0 Å². The second kappa shape index (κ2) is 10.4. The van der Waals surface area contributed by atoms with Crippen molar-refractivity contribution >= 4 is 54.4 Å². The first-order chi connectivity index (χ1) is 23.8. The summed E-state index contributed by atoms with van der Waals surface area (Å²) >= 11 is 0. The molecule has 0 aliphatic heterocycles. The molecular formula is C42H26N6. The molecule has 0 saturated heterocycles. The number of hydrogen-bond donors (Lipinski definition) is 0. The van der Waals surface area contributed by atoms with Gasteiger partial charge in [0.2, 0.25) is 5.95 Å². The Bertz CT molecular complexity index is 2760. The molecule has 0 N–H and O–H groups in total. The summed E-state index contributed by atoms with van der Waals surface area (Å²) in [5, 5.41) is 6.71. The van der Waals surface area contributed by atoms with Gasteiger partial charge in [-0.15, -0.1) is 0 Å². The molecule has 48 heavy (non-hydrogen) atoms. The standard InChI is InChI=1S/C42H26N6/c1-4-12-28(13-5-1)40-44-41(29-14-6-2-7-15-29)46-42(45-40)48-37-33(21-20-27-24-25-43-26-35(27)37)34-23-22-32-31-18-10-11-19-36(31)47(38(32)39(34)48)30-16-8-3-9-17-30/h1-26H. The molecule has 6 aromatic carbocycles. The Hall–Kier alpha value is -6.66. The number of nitrogens with zero attached hydrogens (tertiary/aromatic N) is 6. The molecule has 0 atom stereocenters. The highest BCUT2D eigenvalue weighted by molar-refractivity contribution is 6.26. The van der Waals surface area contributed by atoms with Crippen molar-refractivity contribution in [3.63, 3.8) is 0 Å². The van der Waals surface area contributed by atoms with E-state index in [9.17, 15) is 0 Å². The third-order valence-corrected chi connectivity index (χ3v) is 9.24. The highest BCUT2D eigenvalue weighted by Gasteiger charge is 2.24. The molecule has 0 spiro atoms. The zero-order chi connectivity index (χ0) is 31.6. The summed E-state index contributed by atoms with van der Waals surface area (Å²) in [7, 11) is 0. The zero-order valence-electron chi connectivity index (χ0n) is 25.7. The van der Waals surface area contributed by atoms with Gasteiger partial charge in [-0.05, 0) is 29.7 Å². The average Bonchev–Trinajstić information content (AvgIpc) is 3.69. The molecule has 0 unspecified atom stereocenters. The Kier molecular flexibility index (Phi) is 5.77. The van der Waals surface area contributed by atoms with Gasteiger partial charge in [-0.2, -0.15) is 9.97 Å². The van der Waals surface area contributed by atoms with Crippen molar-refractivity contribution in [1.29, 1.82) is 0 Å². The molecule has 10 aromatic rings. The van der Waals surface area contributed by atoms with E-state index in [0.29, 0.717) is 17.6 Å². The van der Waals surface area contributed by atoms with Gasteiger partial charge in [0.05, 0.1) is 22.1 Å². The van der Waals surface area contributed by atoms with E-state index in [0.717, 1.165) is 65.8 Å². The summed E-state index contributed by atoms with van der Waals surface area (Å²) in [5.74, 6) is 1.78. The molecule has 4 heterocycles. The first-order valence-corrected chi connectivity index (χ1v) is 16.0. The van der Waals surface area contributed by atoms with E-state index in [2.05, 4.69) is 99.0 Å². The first kappa shape index (κ1) is 26.5. The molecule has 0 fully saturated rings. The Labute approximate surface area is 275 Å². The van der Waals surface area contributed by atoms with E-state index in [-0.39, 0.29) is 0 Å². The second-order valence-corrected chi connectivity index (χ2v) is 12.0. The summed E-state index contributed by atoms with van der Waals surface area (Å²) in [6, 6.07) is 50.4. The van der Waals surface area contributed by atoms with Crippen molar-refractivity contribution in [2.45, 2.75) is 0 Å². The average molecular weight is 615 g/mol. The third-order valence-electron chi connectivity index (χ3n) is 9.24. The molecule has 6 nitrogen and oxygen atoms in total. The molecule has 0 aliphatic rings. The van der Waals surface area contributed by atoms with Crippen LogP contribution in [0.25, 0.3) is 88.8 Å². The van der Waals surface area contributed by atoms with E-state index in [1.807, 2.05) is 73.1 Å². The Morgan fingerprint density at radius 1 is 0.396 bits per heavy atom. The molecule has 0 radical (unpaired) electrons. The number of aromatic nitrogens is 6. The van der Waals surface area contributed by atoms with Gasteiger partial charge in [-0.3, -0.25) is 9.55 Å². The minimum absolute atomic E-state index is 0.552. The highest BCUT2D eigenvalue weighted by atomic mass is 15.2. The van der Waals surface area contributed by atoms with E-state index in [1.54, 1.807) is 0 Å². The highest BCUT2D eigenvalue weighted by Crippen LogP contribution is 2.43. The van der Waals surface area contributed by atoms with Crippen LogP contribution in [0.5, 0.6) is 0 Å². The fourth-order valence-corrected chi connectivity index (χ4v) is 7.14. The van der Waals surface area contributed by atoms with Gasteiger partial charge in [0, 0.05) is 56.1 Å². The monoisotopic (exact) mass is 614 g/mol. The number of fused-ring (bicyclic) bond motifs is 9. The lowest BCUT2D eigenvalue weighted by Gasteiger charge is -2.13. The Morgan fingerprint density at radius 3 is 1.67 bits per heavy atom. The molecule has 0 saturated carbocycles. The molecule has 0 bridgehead atoms. The van der Waals surface area contributed by atoms with Crippen LogP contribution in [0.1, 0.15) is 0 Å². The lowest BCUT2D eigenvalue weighted by molar-refractivity contribution is 0.955. The van der Waals surface area contributed by atoms with Crippen molar-refractivity contribution in [2.24, 2.45) is 0 Å². The van der Waals surface area contributed by atoms with Crippen molar-refractivity contribution in [1.82, 2.24) is 29.1 Å². The van der Waals surface area contributed by atoms with Crippen molar-refractivity contribution in [3.8, 4) is 34.4 Å². The smallest absolute Gasteiger partial charge is 0.238 e. The lowest BCUT2D eigenvalue weighted by atomic mass is 10.1. The van der Waals surface area contributed by atoms with Crippen LogP contribution in [0, 0.1) is 0 Å². The van der Waals surface area contributed by atoms with Crippen LogP contribution in [0.2, 0.25) is 0 Å². The van der Waals surface area contributed by atoms with Crippen LogP contribution < -0.4 is 0 Å². The number of pyridine rings is 1. The summed E-state index contributed by atoms with van der Waals surface area (Å²) in [6.07, 6.45) is 3.80. The van der Waals surface area contributed by atoms with Gasteiger partial charge in [-0.1, -0.05) is 121 Å². The fraction of sp³-hybridized carbons (Fsp3) is 0. The molecule has 10 rings (SSSR count). The van der Waals surface area contributed by atoms with Crippen LogP contribution >= 0.6 is 0 Å². The maximum Gasteiger partial charge on any atom is 0.238 e. The summed E-state index contributed by atoms with van der Waals surface area (Å²) < 4.78 is 4.62. The topological polar surface area (TPSA) is 61.4 Å². The van der Waals surface area contributed by atoms with Crippen LogP contribution in [0.3, 0.4) is 0 Å². The number of hydrogen-bond acceptors (Lipinski definition) is 4. The Morgan fingerprint density at radius 2 is 0.958 bits per heavy atom. The van der Waals surface area contributed by atoms with Crippen LogP contribution in [-0.2, 0) is 0 Å². The normalized spacial score (nSPS) is 11.8. The van der Waals surface area contributed by atoms with Gasteiger partial charge in [-0.25, -0.2) is 4.98 Å². The molecule has 224 valence electrons. The van der Waals surface area contributed by atoms with Gasteiger partial charge in [0.15, 0.2) is 11.6 Å². The molecule has 4 aromatic heterocycles. The molecular weight excluding hydrogens is 589 g/mol. The van der Waals surface area contributed by atoms with Gasteiger partial charge >= 0.3 is 0 Å². The number of para-hydroxylation sites is 2. The Balaban J connectivity index is 1.45. The van der Waals surface area contributed by atoms with E-state index in [4.69, 9.17) is 15.0 Å². The molecule has 0 amide bonds. The van der Waals surface area contributed by atoms with E-state index >= 15 is 0 Å². The summed E-state index contributed by atoms with van der Waals surface area (Å²) in [6.45, 7) is 0. The van der Waals surface area contributed by atoms with Crippen LogP contribution in [0.15, 0.2) is 158 Å². The largest absolute Gasteiger partial charge is 0.307 e. The second-order valence-electron chi connectivity index (χ2n) is 12.0. The maximum absolute atomic E-state index is 5.25. The van der Waals surface area contributed by atoms with E-state index < -0.39 is 0 Å². The van der Waals surface area contributed by atoms with E-state index in [1.165, 1.54) is 5.39 Å². The zero-order valence-corrected chi connectivity index (χ0v) is 25.7. The van der Waals surface area contributed by atoms with Crippen molar-refractivity contribution < 1.29 is 0 Å². The third kappa shape index (κ3) is 3.93. The van der Waals surface area contributed by atoms with Crippen LogP contribution in [-0.4, -0.2) is 29.1 Å². The predicted octanol–water partition coefficient (Wildman–Crippen LogP) is 9.95. The SMILES string of the molecule is c1ccc(-c2nc(-c3ccccc3)nc(-n3c4c5cnccc5ccc4c4ccc5c6ccccc6n(-c6ccccc6)c5c43)n2)cc1. The number of benzene rings is 6. The van der Waals surface area contributed by atoms with Crippen molar-refractivity contribution in [3.05, 3.63) is 158 Å². The quantitative estimate of drug-likeness (QED) is 0.198. The summed E-state index contributed by atoms with van der Waals surface area (Å²) in [5.41, 5.74) is 7.21. The molecule has 6 heteroatoms. The van der Waals surface area contributed by atoms with Crippen LogP contribution in [0.4, 0.5) is 0 Å². The minimum Gasteiger partial charge on any atom is -0.307 e. The maximum atomic E-state index is 5.25. The fourth-order valence-electron chi connectivity index (χ4n) is 7.14. The molecule has 0 aliphatic carbocycles. The van der Waals surface area contributed by atoms with Gasteiger partial charge in [0.25, 0.3) is 0 Å². The lowest BCUT2D eigenvalue weighted by Crippen LogP contribution is -2.07. The first-order valence-electron chi connectivity index (χ1n) is 16.0.